The zero-order valence-corrected chi connectivity index (χ0v) is 14.7. The van der Waals surface area contributed by atoms with Gasteiger partial charge in [-0.2, -0.15) is 0 Å². The Hall–Kier alpha value is -2.79. The minimum Gasteiger partial charge on any atom is -0.495 e. The number of carbonyl (C=O) groups is 1. The van der Waals surface area contributed by atoms with Gasteiger partial charge in [0.25, 0.3) is 0 Å². The molecule has 0 saturated heterocycles. The van der Waals surface area contributed by atoms with Crippen LogP contribution in [-0.2, 0) is 21.2 Å². The lowest BCUT2D eigenvalue weighted by atomic mass is 10.1. The largest absolute Gasteiger partial charge is 0.573 e. The molecule has 0 bridgehead atoms. The number of primary sulfonamides is 1. The van der Waals surface area contributed by atoms with Crippen LogP contribution in [0.15, 0.2) is 47.4 Å². The van der Waals surface area contributed by atoms with Crippen molar-refractivity contribution in [1.82, 2.24) is 0 Å². The molecule has 0 aliphatic carbocycles. The number of hydrogen-bond donors (Lipinski definition) is 2. The second-order valence-electron chi connectivity index (χ2n) is 5.32. The smallest absolute Gasteiger partial charge is 0.495 e. The van der Waals surface area contributed by atoms with Gasteiger partial charge >= 0.3 is 6.36 Å². The van der Waals surface area contributed by atoms with E-state index in [1.807, 2.05) is 0 Å². The Labute approximate surface area is 152 Å². The van der Waals surface area contributed by atoms with Gasteiger partial charge in [-0.3, -0.25) is 4.79 Å². The molecular formula is C16H15F3N2O5S. The van der Waals surface area contributed by atoms with Gasteiger partial charge in [-0.15, -0.1) is 13.2 Å². The molecule has 0 heterocycles. The molecular weight excluding hydrogens is 389 g/mol. The van der Waals surface area contributed by atoms with Crippen LogP contribution in [0.1, 0.15) is 5.56 Å². The fourth-order valence-corrected chi connectivity index (χ4v) is 2.69. The van der Waals surface area contributed by atoms with Gasteiger partial charge < -0.3 is 14.8 Å². The quantitative estimate of drug-likeness (QED) is 0.769. The lowest BCUT2D eigenvalue weighted by Crippen LogP contribution is -2.18. The van der Waals surface area contributed by atoms with Gasteiger partial charge in [0.15, 0.2) is 0 Å². The molecule has 27 heavy (non-hydrogen) atoms. The molecule has 2 aromatic rings. The molecule has 2 aromatic carbocycles. The van der Waals surface area contributed by atoms with Crippen LogP contribution >= 0.6 is 0 Å². The number of hydrogen-bond acceptors (Lipinski definition) is 5. The number of carbonyl (C=O) groups excluding carboxylic acids is 1. The van der Waals surface area contributed by atoms with Crippen LogP contribution in [0.5, 0.6) is 11.5 Å². The number of benzene rings is 2. The van der Waals surface area contributed by atoms with Gasteiger partial charge in [-0.1, -0.05) is 12.1 Å². The van der Waals surface area contributed by atoms with Crippen LogP contribution in [0.2, 0.25) is 0 Å². The van der Waals surface area contributed by atoms with Crippen LogP contribution < -0.4 is 19.9 Å². The van der Waals surface area contributed by atoms with E-state index in [1.54, 1.807) is 0 Å². The zero-order chi connectivity index (χ0) is 20.2. The number of anilines is 1. The molecule has 146 valence electrons. The summed E-state index contributed by atoms with van der Waals surface area (Å²) >= 11 is 0. The molecule has 0 aromatic heterocycles. The highest BCUT2D eigenvalue weighted by Crippen LogP contribution is 2.27. The minimum absolute atomic E-state index is 0.0889. The summed E-state index contributed by atoms with van der Waals surface area (Å²) in [5.74, 6) is -0.733. The Balaban J connectivity index is 2.11. The molecule has 2 rings (SSSR count). The molecule has 1 amide bonds. The zero-order valence-electron chi connectivity index (χ0n) is 13.9. The van der Waals surface area contributed by atoms with E-state index in [1.165, 1.54) is 31.4 Å². The Morgan fingerprint density at radius 1 is 1.15 bits per heavy atom. The van der Waals surface area contributed by atoms with Crippen molar-refractivity contribution in [3.05, 3.63) is 48.0 Å². The summed E-state index contributed by atoms with van der Waals surface area (Å²) in [4.78, 5) is 12.0. The number of amides is 1. The average Bonchev–Trinajstić information content (AvgIpc) is 2.54. The van der Waals surface area contributed by atoms with Crippen molar-refractivity contribution in [3.8, 4) is 11.5 Å². The van der Waals surface area contributed by atoms with Crippen molar-refractivity contribution < 1.29 is 35.9 Å². The van der Waals surface area contributed by atoms with Gasteiger partial charge in [0.2, 0.25) is 15.9 Å². The van der Waals surface area contributed by atoms with Gasteiger partial charge in [-0.25, -0.2) is 13.6 Å². The number of ether oxygens (including phenoxy) is 2. The summed E-state index contributed by atoms with van der Waals surface area (Å²) < 4.78 is 68.0. The lowest BCUT2D eigenvalue weighted by molar-refractivity contribution is -0.274. The molecule has 0 spiro atoms. The molecule has 0 aliphatic heterocycles. The highest BCUT2D eigenvalue weighted by Gasteiger charge is 2.30. The van der Waals surface area contributed by atoms with Crippen molar-refractivity contribution in [1.29, 1.82) is 0 Å². The van der Waals surface area contributed by atoms with Crippen LogP contribution in [0.3, 0.4) is 0 Å². The van der Waals surface area contributed by atoms with Crippen molar-refractivity contribution in [2.75, 3.05) is 12.4 Å². The topological polar surface area (TPSA) is 108 Å². The molecule has 7 nitrogen and oxygen atoms in total. The molecule has 0 saturated carbocycles. The second kappa shape index (κ2) is 7.84. The van der Waals surface area contributed by atoms with Crippen molar-refractivity contribution >= 4 is 21.6 Å². The molecule has 0 radical (unpaired) electrons. The molecule has 3 N–H and O–H groups in total. The van der Waals surface area contributed by atoms with E-state index in [2.05, 4.69) is 10.1 Å². The second-order valence-corrected chi connectivity index (χ2v) is 6.89. The van der Waals surface area contributed by atoms with Crippen molar-refractivity contribution in [3.63, 3.8) is 0 Å². The van der Waals surface area contributed by atoms with E-state index in [4.69, 9.17) is 9.88 Å². The molecule has 0 unspecified atom stereocenters. The Morgan fingerprint density at radius 2 is 1.78 bits per heavy atom. The lowest BCUT2D eigenvalue weighted by Gasteiger charge is -2.12. The molecule has 0 aliphatic rings. The van der Waals surface area contributed by atoms with E-state index in [0.717, 1.165) is 18.2 Å². The fraction of sp³-hybridized carbons (Fsp3) is 0.188. The molecule has 0 atom stereocenters. The maximum Gasteiger partial charge on any atom is 0.573 e. The maximum atomic E-state index is 12.2. The van der Waals surface area contributed by atoms with Crippen LogP contribution in [0.4, 0.5) is 18.9 Å². The molecule has 11 heteroatoms. The summed E-state index contributed by atoms with van der Waals surface area (Å²) in [6.45, 7) is 0. The fourth-order valence-electron chi connectivity index (χ4n) is 2.15. The Bertz CT molecular complexity index is 928. The van der Waals surface area contributed by atoms with E-state index >= 15 is 0 Å². The summed E-state index contributed by atoms with van der Waals surface area (Å²) in [6, 6.07) is 8.47. The van der Waals surface area contributed by atoms with E-state index in [-0.39, 0.29) is 22.8 Å². The highest BCUT2D eigenvalue weighted by atomic mass is 32.2. The number of methoxy groups -OCH3 is 1. The summed E-state index contributed by atoms with van der Waals surface area (Å²) in [5.41, 5.74) is 0.509. The summed E-state index contributed by atoms with van der Waals surface area (Å²) in [5, 5.41) is 7.54. The third-order valence-electron chi connectivity index (χ3n) is 3.30. The number of nitrogens with two attached hydrogens (primary N) is 1. The summed E-state index contributed by atoms with van der Waals surface area (Å²) in [6.07, 6.45) is -4.97. The average molecular weight is 404 g/mol. The number of sulfonamides is 1. The van der Waals surface area contributed by atoms with Crippen molar-refractivity contribution in [2.24, 2.45) is 5.14 Å². The predicted octanol–water partition coefficient (Wildman–Crippen LogP) is 2.42. The first-order valence-electron chi connectivity index (χ1n) is 7.33. The van der Waals surface area contributed by atoms with Gasteiger partial charge in [0.1, 0.15) is 11.5 Å². The number of halogens is 3. The molecule has 0 fully saturated rings. The predicted molar refractivity (Wildman–Crippen MR) is 89.8 cm³/mol. The normalized spacial score (nSPS) is 11.7. The van der Waals surface area contributed by atoms with Crippen molar-refractivity contribution in [2.45, 2.75) is 17.7 Å². The monoisotopic (exact) mass is 404 g/mol. The number of nitrogens with one attached hydrogen (secondary N) is 1. The summed E-state index contributed by atoms with van der Waals surface area (Å²) in [7, 11) is -2.64. The standard InChI is InChI=1S/C16H15F3N2O5S/c1-25-14-7-6-12(27(20,23)24)9-13(14)21-15(22)8-10-2-4-11(5-3-10)26-16(17,18)19/h2-7,9H,8H2,1H3,(H,21,22)(H2,20,23,24). The van der Waals surface area contributed by atoms with Crippen LogP contribution in [0.25, 0.3) is 0 Å². The first kappa shape index (κ1) is 20.5. The van der Waals surface area contributed by atoms with Gasteiger partial charge in [-0.05, 0) is 35.9 Å². The van der Waals surface area contributed by atoms with E-state index in [0.29, 0.717) is 5.56 Å². The van der Waals surface area contributed by atoms with Gasteiger partial charge in [0, 0.05) is 0 Å². The maximum absolute atomic E-state index is 12.2. The third-order valence-corrected chi connectivity index (χ3v) is 4.21. The van der Waals surface area contributed by atoms with Crippen LogP contribution in [-0.4, -0.2) is 27.8 Å². The third kappa shape index (κ3) is 6.15. The van der Waals surface area contributed by atoms with E-state index in [9.17, 15) is 26.4 Å². The highest BCUT2D eigenvalue weighted by molar-refractivity contribution is 7.89. The Morgan fingerprint density at radius 3 is 2.30 bits per heavy atom. The SMILES string of the molecule is COc1ccc(S(N)(=O)=O)cc1NC(=O)Cc1ccc(OC(F)(F)F)cc1. The van der Waals surface area contributed by atoms with Crippen LogP contribution in [0, 0.1) is 0 Å². The number of alkyl halides is 3. The Kier molecular flexibility index (Phi) is 5.96. The first-order chi connectivity index (χ1) is 12.5. The first-order valence-corrected chi connectivity index (χ1v) is 8.88. The number of rotatable bonds is 6. The van der Waals surface area contributed by atoms with E-state index < -0.39 is 28.0 Å². The van der Waals surface area contributed by atoms with Gasteiger partial charge in [0.05, 0.1) is 24.1 Å². The minimum atomic E-state index is -4.80.